The van der Waals surface area contributed by atoms with Crippen molar-refractivity contribution in [3.05, 3.63) is 12.4 Å². The summed E-state index contributed by atoms with van der Waals surface area (Å²) in [6, 6.07) is 0. The van der Waals surface area contributed by atoms with E-state index in [9.17, 15) is 17.4 Å². The number of aromatic nitrogens is 2. The van der Waals surface area contributed by atoms with Crippen LogP contribution in [0.4, 0.5) is 13.2 Å². The van der Waals surface area contributed by atoms with E-state index >= 15 is 0 Å². The molecule has 0 saturated carbocycles. The molecule has 1 N–H and O–H groups in total. The molecule has 1 rings (SSSR count). The highest BCUT2D eigenvalue weighted by Crippen LogP contribution is 2.23. The lowest BCUT2D eigenvalue weighted by Gasteiger charge is -2.01. The van der Waals surface area contributed by atoms with Gasteiger partial charge in [-0.1, -0.05) is 0 Å². The van der Waals surface area contributed by atoms with Gasteiger partial charge < -0.3 is 4.98 Å². The maximum Gasteiger partial charge on any atom is 0.478 e. The Bertz CT molecular complexity index is 255. The molecule has 1 aromatic rings. The zero-order chi connectivity index (χ0) is 8.48. The lowest BCUT2D eigenvalue weighted by molar-refractivity contribution is -0.0387. The van der Waals surface area contributed by atoms with Crippen molar-refractivity contribution in [1.29, 1.82) is 0 Å². The normalized spacial score (nSPS) is 14.8. The molecule has 11 heavy (non-hydrogen) atoms. The van der Waals surface area contributed by atoms with Crippen LogP contribution in [0.3, 0.4) is 0 Å². The first-order chi connectivity index (χ1) is 5.02. The fourth-order valence-electron chi connectivity index (χ4n) is 0.462. The van der Waals surface area contributed by atoms with Gasteiger partial charge in [0.15, 0.2) is 10.8 Å². The lowest BCUT2D eigenvalue weighted by Crippen LogP contribution is -2.17. The molecule has 0 aliphatic carbocycles. The molecule has 0 aliphatic heterocycles. The summed E-state index contributed by atoms with van der Waals surface area (Å²) >= 11 is 0. The summed E-state index contributed by atoms with van der Waals surface area (Å²) < 4.78 is 45.4. The number of nitrogens with one attached hydrogen (secondary N) is 1. The highest BCUT2D eigenvalue weighted by molar-refractivity contribution is 7.85. The fourth-order valence-corrected chi connectivity index (χ4v) is 1.01. The summed E-state index contributed by atoms with van der Waals surface area (Å²) in [4.78, 5) is 5.32. The van der Waals surface area contributed by atoms with Crippen molar-refractivity contribution in [2.24, 2.45) is 0 Å². The minimum absolute atomic E-state index is 0.572. The summed E-state index contributed by atoms with van der Waals surface area (Å²) in [5.74, 6) is 0. The van der Waals surface area contributed by atoms with E-state index in [1.165, 1.54) is 6.20 Å². The Morgan fingerprint density at radius 3 is 2.55 bits per heavy atom. The third-order valence-electron chi connectivity index (χ3n) is 0.859. The smallest absolute Gasteiger partial charge is 0.337 e. The molecule has 0 spiro atoms. The number of hydrogen-bond donors (Lipinski definition) is 1. The van der Waals surface area contributed by atoms with E-state index in [-0.39, 0.29) is 0 Å². The third-order valence-corrected chi connectivity index (χ3v) is 1.85. The van der Waals surface area contributed by atoms with Gasteiger partial charge in [-0.05, 0) is 0 Å². The van der Waals surface area contributed by atoms with E-state index in [4.69, 9.17) is 0 Å². The van der Waals surface area contributed by atoms with Gasteiger partial charge in [0.2, 0.25) is 5.16 Å². The second-order valence-electron chi connectivity index (χ2n) is 1.61. The summed E-state index contributed by atoms with van der Waals surface area (Å²) in [5, 5.41) is -0.572. The second-order valence-corrected chi connectivity index (χ2v) is 3.00. The highest BCUT2D eigenvalue weighted by Gasteiger charge is 2.39. The quantitative estimate of drug-likeness (QED) is 0.708. The van der Waals surface area contributed by atoms with Gasteiger partial charge in [-0.2, -0.15) is 13.2 Å². The Morgan fingerprint density at radius 1 is 1.55 bits per heavy atom. The van der Waals surface area contributed by atoms with Crippen LogP contribution >= 0.6 is 0 Å². The Labute approximate surface area is 62.1 Å². The van der Waals surface area contributed by atoms with Gasteiger partial charge in [0.25, 0.3) is 0 Å². The third kappa shape index (κ3) is 1.79. The molecule has 1 aromatic heterocycles. The molecule has 0 aromatic carbocycles. The van der Waals surface area contributed by atoms with E-state index in [0.29, 0.717) is 0 Å². The van der Waals surface area contributed by atoms with Crippen LogP contribution in [-0.4, -0.2) is 19.7 Å². The van der Waals surface area contributed by atoms with Crippen molar-refractivity contribution in [2.75, 3.05) is 0 Å². The van der Waals surface area contributed by atoms with Crippen LogP contribution in [0.25, 0.3) is 0 Å². The standard InChI is InChI=1S/C4H3F3N2OS/c5-4(6,7)11(10)3-8-1-2-9-3/h1-2H,(H,8,9). The number of nitrogens with zero attached hydrogens (tertiary/aromatic N) is 1. The molecule has 1 atom stereocenters. The fraction of sp³-hybridized carbons (Fsp3) is 0.250. The van der Waals surface area contributed by atoms with E-state index in [0.717, 1.165) is 6.20 Å². The monoisotopic (exact) mass is 184 g/mol. The van der Waals surface area contributed by atoms with Gasteiger partial charge >= 0.3 is 5.51 Å². The molecule has 7 heteroatoms. The molecule has 0 amide bonds. The van der Waals surface area contributed by atoms with E-state index in [2.05, 4.69) is 9.97 Å². The summed E-state index contributed by atoms with van der Waals surface area (Å²) in [6.07, 6.45) is 2.29. The predicted octanol–water partition coefficient (Wildman–Crippen LogP) is 1.04. The van der Waals surface area contributed by atoms with E-state index in [1.807, 2.05) is 0 Å². The average Bonchev–Trinajstić information content (AvgIpc) is 2.34. The van der Waals surface area contributed by atoms with Crippen LogP contribution in [-0.2, 0) is 10.8 Å². The predicted molar refractivity (Wildman–Crippen MR) is 31.1 cm³/mol. The Morgan fingerprint density at radius 2 is 2.18 bits per heavy atom. The molecular weight excluding hydrogens is 181 g/mol. The number of H-pyrrole nitrogens is 1. The number of rotatable bonds is 1. The first-order valence-electron chi connectivity index (χ1n) is 2.50. The van der Waals surface area contributed by atoms with Gasteiger partial charge in [-0.15, -0.1) is 0 Å². The molecule has 1 heterocycles. The Balaban J connectivity index is 2.88. The first-order valence-corrected chi connectivity index (χ1v) is 3.65. The zero-order valence-electron chi connectivity index (χ0n) is 5.05. The summed E-state index contributed by atoms with van der Waals surface area (Å²) in [7, 11) is -3.04. The molecule has 0 bridgehead atoms. The highest BCUT2D eigenvalue weighted by atomic mass is 32.2. The minimum atomic E-state index is -4.74. The van der Waals surface area contributed by atoms with Crippen LogP contribution < -0.4 is 0 Å². The number of hydrogen-bond acceptors (Lipinski definition) is 2. The van der Waals surface area contributed by atoms with Gasteiger partial charge in [0.05, 0.1) is 0 Å². The Hall–Kier alpha value is -0.850. The maximum atomic E-state index is 11.7. The van der Waals surface area contributed by atoms with Crippen LogP contribution in [0.2, 0.25) is 0 Å². The zero-order valence-corrected chi connectivity index (χ0v) is 5.87. The number of aromatic amines is 1. The largest absolute Gasteiger partial charge is 0.478 e. The topological polar surface area (TPSA) is 45.8 Å². The molecule has 62 valence electrons. The van der Waals surface area contributed by atoms with Crippen molar-refractivity contribution >= 4 is 10.8 Å². The van der Waals surface area contributed by atoms with Gasteiger partial charge in [0.1, 0.15) is 0 Å². The lowest BCUT2D eigenvalue weighted by atomic mass is 11.0. The van der Waals surface area contributed by atoms with Gasteiger partial charge in [0, 0.05) is 12.4 Å². The van der Waals surface area contributed by atoms with Crippen molar-refractivity contribution < 1.29 is 17.4 Å². The van der Waals surface area contributed by atoms with Crippen molar-refractivity contribution in [3.8, 4) is 0 Å². The first kappa shape index (κ1) is 8.25. The summed E-state index contributed by atoms with van der Waals surface area (Å²) in [5.41, 5.74) is -4.74. The molecule has 1 unspecified atom stereocenters. The van der Waals surface area contributed by atoms with Crippen LogP contribution in [0.15, 0.2) is 17.6 Å². The molecule has 0 saturated heterocycles. The second kappa shape index (κ2) is 2.65. The van der Waals surface area contributed by atoms with Gasteiger partial charge in [-0.3, -0.25) is 0 Å². The number of imidazole rings is 1. The molecule has 3 nitrogen and oxygen atoms in total. The molecule has 0 fully saturated rings. The van der Waals surface area contributed by atoms with Crippen molar-refractivity contribution in [1.82, 2.24) is 9.97 Å². The van der Waals surface area contributed by atoms with Crippen LogP contribution in [0.1, 0.15) is 0 Å². The minimum Gasteiger partial charge on any atom is -0.337 e. The van der Waals surface area contributed by atoms with Gasteiger partial charge in [-0.25, -0.2) is 9.19 Å². The average molecular weight is 184 g/mol. The van der Waals surface area contributed by atoms with Crippen LogP contribution in [0.5, 0.6) is 0 Å². The number of alkyl halides is 3. The molecule has 0 aliphatic rings. The molecule has 0 radical (unpaired) electrons. The maximum absolute atomic E-state index is 11.7. The van der Waals surface area contributed by atoms with Crippen LogP contribution in [0, 0.1) is 0 Å². The molecular formula is C4H3F3N2OS. The summed E-state index contributed by atoms with van der Waals surface area (Å²) in [6.45, 7) is 0. The van der Waals surface area contributed by atoms with E-state index < -0.39 is 21.5 Å². The van der Waals surface area contributed by atoms with Crippen molar-refractivity contribution in [3.63, 3.8) is 0 Å². The Kier molecular flexibility index (Phi) is 1.99. The SMILES string of the molecule is O=S(c1ncc[nH]1)C(F)(F)F. The van der Waals surface area contributed by atoms with Crippen molar-refractivity contribution in [2.45, 2.75) is 10.7 Å². The van der Waals surface area contributed by atoms with E-state index in [1.54, 1.807) is 0 Å². The number of halogens is 3.